The topological polar surface area (TPSA) is 238 Å². The lowest BCUT2D eigenvalue weighted by Crippen LogP contribution is -2.66. The molecule has 0 aliphatic carbocycles. The SMILES string of the molecule is CCCCCCCCCCCCCC(=O)N(CCCCCCCC)CCO[C@@H]1O[C@H](CO)[C@@H](O[C@@H]2O[C@@H](C)[C@H](O)[C@@H](O)[C@H]2O)[C@H](O)[C@H]1O[C@@H]1O[C@@H](C)[C@H](O)[C@@H](O)[C@H]1O. The molecule has 0 bridgehead atoms. The number of ether oxygens (including phenoxy) is 6. The lowest BCUT2D eigenvalue weighted by Gasteiger charge is -2.48. The average Bonchev–Trinajstić information content (AvgIpc) is 3.21. The minimum atomic E-state index is -1.74. The third-order valence-electron chi connectivity index (χ3n) is 11.8. The summed E-state index contributed by atoms with van der Waals surface area (Å²) in [6.07, 6.45) is -2.16. The summed E-state index contributed by atoms with van der Waals surface area (Å²) >= 11 is 0. The molecule has 3 heterocycles. The summed E-state index contributed by atoms with van der Waals surface area (Å²) in [4.78, 5) is 15.3. The minimum absolute atomic E-state index is 0.0278. The van der Waals surface area contributed by atoms with Gasteiger partial charge in [-0.3, -0.25) is 4.79 Å². The standard InChI is InChI=1S/C42H79NO15/c1-5-7-9-11-13-14-15-16-17-18-20-22-30(45)43(23-21-19-12-10-8-6-2)24-25-53-42-39(58-41-36(51)34(49)32(47)28(4)55-41)37(52)38(29(26-44)56-42)57-40-35(50)33(48)31(46)27(3)54-40/h27-29,31-42,44,46-52H,5-26H2,1-4H3/t27-,28-,29+,31-,32-,33+,34+,35+,36+,37-,38+,39+,40-,41-,42+/m0/s1. The Morgan fingerprint density at radius 3 is 1.45 bits per heavy atom. The molecule has 1 amide bonds. The van der Waals surface area contributed by atoms with Crippen molar-refractivity contribution < 1.29 is 74.1 Å². The largest absolute Gasteiger partial charge is 0.394 e. The summed E-state index contributed by atoms with van der Waals surface area (Å²) in [7, 11) is 0. The number of unbranched alkanes of at least 4 members (excludes halogenated alkanes) is 15. The Balaban J connectivity index is 1.67. The molecule has 3 aliphatic heterocycles. The third-order valence-corrected chi connectivity index (χ3v) is 11.8. The molecule has 58 heavy (non-hydrogen) atoms. The van der Waals surface area contributed by atoms with Crippen molar-refractivity contribution in [2.75, 3.05) is 26.3 Å². The van der Waals surface area contributed by atoms with Gasteiger partial charge in [0.05, 0.1) is 25.4 Å². The number of carbonyl (C=O) groups excluding carboxylic acids is 1. The molecule has 342 valence electrons. The van der Waals surface area contributed by atoms with Crippen LogP contribution in [0.2, 0.25) is 0 Å². The Morgan fingerprint density at radius 1 is 0.517 bits per heavy atom. The van der Waals surface area contributed by atoms with Crippen molar-refractivity contribution in [3.05, 3.63) is 0 Å². The van der Waals surface area contributed by atoms with Gasteiger partial charge in [0.1, 0.15) is 61.0 Å². The summed E-state index contributed by atoms with van der Waals surface area (Å²) < 4.78 is 35.3. The van der Waals surface area contributed by atoms with Gasteiger partial charge in [-0.2, -0.15) is 0 Å². The number of amides is 1. The highest BCUT2D eigenvalue weighted by Gasteiger charge is 2.53. The lowest BCUT2D eigenvalue weighted by molar-refractivity contribution is -0.384. The van der Waals surface area contributed by atoms with Crippen LogP contribution in [0, 0.1) is 0 Å². The number of rotatable bonds is 28. The zero-order valence-electron chi connectivity index (χ0n) is 35.6. The molecule has 0 unspecified atom stereocenters. The van der Waals surface area contributed by atoms with Gasteiger partial charge in [0.25, 0.3) is 0 Å². The highest BCUT2D eigenvalue weighted by Crippen LogP contribution is 2.33. The molecule has 0 spiro atoms. The normalized spacial score (nSPS) is 35.6. The summed E-state index contributed by atoms with van der Waals surface area (Å²) in [5.41, 5.74) is 0. The fraction of sp³-hybridized carbons (Fsp3) is 0.976. The van der Waals surface area contributed by atoms with Crippen LogP contribution in [0.3, 0.4) is 0 Å². The van der Waals surface area contributed by atoms with Crippen LogP contribution in [0.1, 0.15) is 143 Å². The van der Waals surface area contributed by atoms with Crippen LogP contribution in [0.25, 0.3) is 0 Å². The van der Waals surface area contributed by atoms with E-state index < -0.39 is 98.7 Å². The third kappa shape index (κ3) is 16.0. The number of carbonyl (C=O) groups is 1. The van der Waals surface area contributed by atoms with Crippen LogP contribution < -0.4 is 0 Å². The second-order valence-electron chi connectivity index (χ2n) is 16.6. The fourth-order valence-electron chi connectivity index (χ4n) is 7.87. The van der Waals surface area contributed by atoms with Crippen molar-refractivity contribution in [1.82, 2.24) is 4.90 Å². The van der Waals surface area contributed by atoms with Gasteiger partial charge in [-0.25, -0.2) is 0 Å². The van der Waals surface area contributed by atoms with E-state index in [-0.39, 0.29) is 19.1 Å². The zero-order chi connectivity index (χ0) is 42.6. The fourth-order valence-corrected chi connectivity index (χ4v) is 7.87. The van der Waals surface area contributed by atoms with E-state index in [9.17, 15) is 45.6 Å². The maximum absolute atomic E-state index is 13.5. The summed E-state index contributed by atoms with van der Waals surface area (Å²) in [6.45, 7) is 7.36. The molecular weight excluding hydrogens is 758 g/mol. The molecule has 15 atom stereocenters. The molecule has 3 fully saturated rings. The van der Waals surface area contributed by atoms with E-state index in [1.165, 1.54) is 71.6 Å². The van der Waals surface area contributed by atoms with Gasteiger partial charge in [-0.15, -0.1) is 0 Å². The number of hydrogen-bond donors (Lipinski definition) is 8. The van der Waals surface area contributed by atoms with Crippen LogP contribution in [-0.4, -0.2) is 170 Å². The van der Waals surface area contributed by atoms with E-state index in [1.807, 2.05) is 0 Å². The Bertz CT molecular complexity index is 1090. The van der Waals surface area contributed by atoms with Gasteiger partial charge in [-0.05, 0) is 26.7 Å². The highest BCUT2D eigenvalue weighted by molar-refractivity contribution is 5.76. The number of aliphatic hydroxyl groups is 8. The minimum Gasteiger partial charge on any atom is -0.394 e. The first kappa shape index (κ1) is 51.3. The number of aliphatic hydroxyl groups excluding tert-OH is 8. The quantitative estimate of drug-likeness (QED) is 0.0529. The molecule has 8 N–H and O–H groups in total. The lowest BCUT2D eigenvalue weighted by atomic mass is 9.96. The first-order valence-electron chi connectivity index (χ1n) is 22.4. The van der Waals surface area contributed by atoms with E-state index >= 15 is 0 Å². The molecular formula is C42H79NO15. The van der Waals surface area contributed by atoms with E-state index in [0.29, 0.717) is 13.0 Å². The first-order valence-corrected chi connectivity index (χ1v) is 22.4. The summed E-state index contributed by atoms with van der Waals surface area (Å²) in [5.74, 6) is 0.0278. The molecule has 0 aromatic heterocycles. The summed E-state index contributed by atoms with van der Waals surface area (Å²) in [5, 5.41) is 84.8. The van der Waals surface area contributed by atoms with Crippen molar-refractivity contribution in [2.24, 2.45) is 0 Å². The maximum Gasteiger partial charge on any atom is 0.222 e. The molecule has 16 heteroatoms. The van der Waals surface area contributed by atoms with Crippen LogP contribution >= 0.6 is 0 Å². The Morgan fingerprint density at radius 2 is 0.966 bits per heavy atom. The molecule has 0 aromatic rings. The second-order valence-corrected chi connectivity index (χ2v) is 16.6. The number of nitrogens with zero attached hydrogens (tertiary/aromatic N) is 1. The van der Waals surface area contributed by atoms with Crippen molar-refractivity contribution in [2.45, 2.75) is 235 Å². The molecule has 0 saturated carbocycles. The predicted molar refractivity (Wildman–Crippen MR) is 213 cm³/mol. The number of hydrogen-bond acceptors (Lipinski definition) is 15. The highest BCUT2D eigenvalue weighted by atomic mass is 16.8. The Labute approximate surface area is 346 Å². The Kier molecular flexibility index (Phi) is 24.5. The first-order chi connectivity index (χ1) is 27.9. The van der Waals surface area contributed by atoms with E-state index in [2.05, 4.69) is 13.8 Å². The van der Waals surface area contributed by atoms with Crippen molar-refractivity contribution in [3.63, 3.8) is 0 Å². The zero-order valence-corrected chi connectivity index (χ0v) is 35.6. The van der Waals surface area contributed by atoms with E-state index in [4.69, 9.17) is 28.4 Å². The smallest absolute Gasteiger partial charge is 0.222 e. The van der Waals surface area contributed by atoms with Crippen molar-refractivity contribution >= 4 is 5.91 Å². The molecule has 0 radical (unpaired) electrons. The average molecular weight is 838 g/mol. The van der Waals surface area contributed by atoms with Crippen LogP contribution in [0.4, 0.5) is 0 Å². The van der Waals surface area contributed by atoms with Gasteiger partial charge >= 0.3 is 0 Å². The van der Waals surface area contributed by atoms with Crippen LogP contribution in [0.5, 0.6) is 0 Å². The summed E-state index contributed by atoms with van der Waals surface area (Å²) in [6, 6.07) is 0. The van der Waals surface area contributed by atoms with Gasteiger partial charge in [0.15, 0.2) is 18.9 Å². The molecule has 3 saturated heterocycles. The Hall–Kier alpha value is -1.09. The van der Waals surface area contributed by atoms with Crippen LogP contribution in [0.15, 0.2) is 0 Å². The molecule has 0 aromatic carbocycles. The van der Waals surface area contributed by atoms with Gasteiger partial charge in [0, 0.05) is 19.5 Å². The van der Waals surface area contributed by atoms with Crippen molar-refractivity contribution in [3.8, 4) is 0 Å². The van der Waals surface area contributed by atoms with E-state index in [0.717, 1.165) is 51.4 Å². The maximum atomic E-state index is 13.5. The van der Waals surface area contributed by atoms with Gasteiger partial charge in [-0.1, -0.05) is 110 Å². The van der Waals surface area contributed by atoms with Gasteiger partial charge < -0.3 is 74.2 Å². The molecule has 3 rings (SSSR count). The van der Waals surface area contributed by atoms with Gasteiger partial charge in [0.2, 0.25) is 5.91 Å². The van der Waals surface area contributed by atoms with Crippen molar-refractivity contribution in [1.29, 1.82) is 0 Å². The second kappa shape index (κ2) is 27.8. The van der Waals surface area contributed by atoms with E-state index in [1.54, 1.807) is 4.90 Å². The van der Waals surface area contributed by atoms with Crippen LogP contribution in [-0.2, 0) is 33.2 Å². The molecule has 16 nitrogen and oxygen atoms in total. The predicted octanol–water partition coefficient (Wildman–Crippen LogP) is 2.40. The monoisotopic (exact) mass is 838 g/mol. The molecule has 3 aliphatic rings.